The summed E-state index contributed by atoms with van der Waals surface area (Å²) in [7, 11) is 0. The highest BCUT2D eigenvalue weighted by Crippen LogP contribution is 2.33. The van der Waals surface area contributed by atoms with Crippen LogP contribution >= 0.6 is 11.6 Å². The fourth-order valence-corrected chi connectivity index (χ4v) is 3.50. The molecule has 2 aliphatic heterocycles. The van der Waals surface area contributed by atoms with Crippen LogP contribution in [-0.2, 0) is 9.53 Å². The topological polar surface area (TPSA) is 59.0 Å². The van der Waals surface area contributed by atoms with Gasteiger partial charge in [0.1, 0.15) is 17.4 Å². The lowest BCUT2D eigenvalue weighted by Gasteiger charge is -2.40. The fourth-order valence-electron chi connectivity index (χ4n) is 3.32. The summed E-state index contributed by atoms with van der Waals surface area (Å²) in [4.78, 5) is 13.9. The van der Waals surface area contributed by atoms with Crippen LogP contribution < -0.4 is 4.74 Å². The molecule has 0 aromatic heterocycles. The minimum absolute atomic E-state index is 0.00228. The van der Waals surface area contributed by atoms with Crippen molar-refractivity contribution in [1.82, 2.24) is 4.90 Å². The molecule has 0 bridgehead atoms. The molecule has 1 atom stereocenters. The average molecular weight is 326 g/mol. The SMILES string of the molecule is O=C(O)C1(N2CC[C@H](Oc3cccc(Cl)c3)C2)CCOCC1. The first-order valence-electron chi connectivity index (χ1n) is 7.58. The Hall–Kier alpha value is -1.30. The van der Waals surface area contributed by atoms with Crippen LogP contribution in [0.3, 0.4) is 0 Å². The van der Waals surface area contributed by atoms with Gasteiger partial charge in [-0.05, 0) is 37.5 Å². The van der Waals surface area contributed by atoms with Crippen molar-refractivity contribution in [1.29, 1.82) is 0 Å². The van der Waals surface area contributed by atoms with Gasteiger partial charge in [-0.15, -0.1) is 0 Å². The highest BCUT2D eigenvalue weighted by molar-refractivity contribution is 6.30. The molecule has 0 radical (unpaired) electrons. The molecule has 2 fully saturated rings. The average Bonchev–Trinajstić information content (AvgIpc) is 2.97. The van der Waals surface area contributed by atoms with Crippen LogP contribution in [0.1, 0.15) is 19.3 Å². The molecule has 0 amide bonds. The number of halogens is 1. The monoisotopic (exact) mass is 325 g/mol. The molecule has 1 N–H and O–H groups in total. The number of aliphatic carboxylic acids is 1. The van der Waals surface area contributed by atoms with Crippen molar-refractivity contribution < 1.29 is 19.4 Å². The summed E-state index contributed by atoms with van der Waals surface area (Å²) in [5, 5.41) is 10.3. The predicted molar refractivity (Wildman–Crippen MR) is 82.5 cm³/mol. The van der Waals surface area contributed by atoms with Gasteiger partial charge in [-0.3, -0.25) is 9.69 Å². The lowest BCUT2D eigenvalue weighted by Crippen LogP contribution is -2.57. The summed E-state index contributed by atoms with van der Waals surface area (Å²) < 4.78 is 11.3. The second-order valence-electron chi connectivity index (χ2n) is 5.88. The van der Waals surface area contributed by atoms with E-state index < -0.39 is 11.5 Å². The van der Waals surface area contributed by atoms with Crippen LogP contribution in [0.15, 0.2) is 24.3 Å². The standard InChI is InChI=1S/C16H20ClNO4/c17-12-2-1-3-13(10-12)22-14-4-7-18(11-14)16(15(19)20)5-8-21-9-6-16/h1-3,10,14H,4-9,11H2,(H,19,20)/t14-/m0/s1. The minimum atomic E-state index is -0.801. The largest absolute Gasteiger partial charge is 0.489 e. The van der Waals surface area contributed by atoms with E-state index in [4.69, 9.17) is 21.1 Å². The lowest BCUT2D eigenvalue weighted by atomic mass is 9.88. The molecule has 1 aromatic carbocycles. The van der Waals surface area contributed by atoms with Gasteiger partial charge in [0.05, 0.1) is 0 Å². The molecule has 0 aliphatic carbocycles. The summed E-state index contributed by atoms with van der Waals surface area (Å²) in [6.07, 6.45) is 1.89. The van der Waals surface area contributed by atoms with Gasteiger partial charge in [0.25, 0.3) is 0 Å². The maximum absolute atomic E-state index is 11.8. The first-order valence-corrected chi connectivity index (χ1v) is 7.96. The summed E-state index contributed by atoms with van der Waals surface area (Å²) in [5.74, 6) is -0.0186. The number of nitrogens with zero attached hydrogens (tertiary/aromatic N) is 1. The Morgan fingerprint density at radius 3 is 2.86 bits per heavy atom. The van der Waals surface area contributed by atoms with E-state index in [0.29, 0.717) is 37.6 Å². The third-order valence-corrected chi connectivity index (χ3v) is 4.80. The lowest BCUT2D eigenvalue weighted by molar-refractivity contribution is -0.158. The second kappa shape index (κ2) is 6.44. The molecular weight excluding hydrogens is 306 g/mol. The maximum Gasteiger partial charge on any atom is 0.324 e. The number of carboxylic acids is 1. The van der Waals surface area contributed by atoms with Crippen molar-refractivity contribution in [2.24, 2.45) is 0 Å². The van der Waals surface area contributed by atoms with E-state index in [1.54, 1.807) is 12.1 Å². The van der Waals surface area contributed by atoms with Crippen LogP contribution in [0.4, 0.5) is 0 Å². The number of likely N-dealkylation sites (tertiary alicyclic amines) is 1. The summed E-state index contributed by atoms with van der Waals surface area (Å²) in [5.41, 5.74) is -0.801. The Labute approximate surface area is 134 Å². The Morgan fingerprint density at radius 2 is 2.18 bits per heavy atom. The van der Waals surface area contributed by atoms with Gasteiger partial charge in [-0.1, -0.05) is 17.7 Å². The van der Waals surface area contributed by atoms with Gasteiger partial charge < -0.3 is 14.6 Å². The van der Waals surface area contributed by atoms with Crippen LogP contribution in [0.5, 0.6) is 5.75 Å². The van der Waals surface area contributed by atoms with Crippen LogP contribution in [0, 0.1) is 0 Å². The van der Waals surface area contributed by atoms with Gasteiger partial charge in [0.15, 0.2) is 0 Å². The van der Waals surface area contributed by atoms with E-state index in [-0.39, 0.29) is 6.10 Å². The predicted octanol–water partition coefficient (Wildman–Crippen LogP) is 2.43. The molecule has 0 spiro atoms. The number of rotatable bonds is 4. The van der Waals surface area contributed by atoms with Crippen molar-refractivity contribution in [3.63, 3.8) is 0 Å². The summed E-state index contributed by atoms with van der Waals surface area (Å²) in [6, 6.07) is 7.31. The molecule has 22 heavy (non-hydrogen) atoms. The van der Waals surface area contributed by atoms with Crippen molar-refractivity contribution in [2.75, 3.05) is 26.3 Å². The van der Waals surface area contributed by atoms with Crippen LogP contribution in [0.25, 0.3) is 0 Å². The number of hydrogen-bond acceptors (Lipinski definition) is 4. The third-order valence-electron chi connectivity index (χ3n) is 4.57. The highest BCUT2D eigenvalue weighted by Gasteiger charge is 2.48. The van der Waals surface area contributed by atoms with E-state index in [1.165, 1.54) is 0 Å². The van der Waals surface area contributed by atoms with Gasteiger partial charge in [-0.25, -0.2) is 0 Å². The number of carboxylic acid groups (broad SMARTS) is 1. The first kappa shape index (κ1) is 15.6. The molecule has 6 heteroatoms. The van der Waals surface area contributed by atoms with E-state index in [0.717, 1.165) is 18.7 Å². The molecule has 3 rings (SSSR count). The Kier molecular flexibility index (Phi) is 4.57. The zero-order valence-electron chi connectivity index (χ0n) is 12.3. The number of hydrogen-bond donors (Lipinski definition) is 1. The van der Waals surface area contributed by atoms with Gasteiger partial charge in [0.2, 0.25) is 0 Å². The van der Waals surface area contributed by atoms with Crippen LogP contribution in [0.2, 0.25) is 5.02 Å². The van der Waals surface area contributed by atoms with E-state index >= 15 is 0 Å². The minimum Gasteiger partial charge on any atom is -0.489 e. The fraction of sp³-hybridized carbons (Fsp3) is 0.562. The molecule has 120 valence electrons. The number of carbonyl (C=O) groups is 1. The Bertz CT molecular complexity index is 545. The van der Waals surface area contributed by atoms with Crippen molar-refractivity contribution >= 4 is 17.6 Å². The Balaban J connectivity index is 1.67. The molecule has 1 aromatic rings. The molecule has 0 unspecified atom stereocenters. The quantitative estimate of drug-likeness (QED) is 0.921. The van der Waals surface area contributed by atoms with E-state index in [2.05, 4.69) is 0 Å². The second-order valence-corrected chi connectivity index (χ2v) is 6.32. The zero-order chi connectivity index (χ0) is 15.6. The number of benzene rings is 1. The smallest absolute Gasteiger partial charge is 0.324 e. The van der Waals surface area contributed by atoms with E-state index in [9.17, 15) is 9.90 Å². The molecular formula is C16H20ClNO4. The van der Waals surface area contributed by atoms with Crippen molar-refractivity contribution in [2.45, 2.75) is 30.9 Å². The van der Waals surface area contributed by atoms with Crippen molar-refractivity contribution in [3.8, 4) is 5.75 Å². The highest BCUT2D eigenvalue weighted by atomic mass is 35.5. The number of ether oxygens (including phenoxy) is 2. The summed E-state index contributed by atoms with van der Waals surface area (Å²) >= 11 is 5.96. The first-order chi connectivity index (χ1) is 10.6. The molecule has 5 nitrogen and oxygen atoms in total. The van der Waals surface area contributed by atoms with E-state index in [1.807, 2.05) is 17.0 Å². The normalized spacial score (nSPS) is 25.0. The van der Waals surface area contributed by atoms with Gasteiger partial charge in [-0.2, -0.15) is 0 Å². The molecule has 2 saturated heterocycles. The Morgan fingerprint density at radius 1 is 1.41 bits per heavy atom. The van der Waals surface area contributed by atoms with Gasteiger partial charge >= 0.3 is 5.97 Å². The molecule has 2 heterocycles. The van der Waals surface area contributed by atoms with Crippen LogP contribution in [-0.4, -0.2) is 53.9 Å². The molecule has 0 saturated carbocycles. The molecule has 2 aliphatic rings. The third kappa shape index (κ3) is 3.07. The summed E-state index contributed by atoms with van der Waals surface area (Å²) in [6.45, 7) is 2.36. The van der Waals surface area contributed by atoms with Gasteiger partial charge in [0, 0.05) is 31.3 Å². The maximum atomic E-state index is 11.8. The zero-order valence-corrected chi connectivity index (χ0v) is 13.1. The van der Waals surface area contributed by atoms with Crippen molar-refractivity contribution in [3.05, 3.63) is 29.3 Å².